The smallest absolute Gasteiger partial charge is 0.290 e. The third-order valence-corrected chi connectivity index (χ3v) is 8.27. The van der Waals surface area contributed by atoms with Crippen LogP contribution in [0.2, 0.25) is 0 Å². The van der Waals surface area contributed by atoms with E-state index in [1.165, 1.54) is 30.9 Å². The Morgan fingerprint density at radius 1 is 1.05 bits per heavy atom. The van der Waals surface area contributed by atoms with Crippen LogP contribution in [0.15, 0.2) is 59.4 Å². The number of aromatic nitrogens is 4. The highest BCUT2D eigenvalue weighted by molar-refractivity contribution is 7.20. The fraction of sp³-hybridized carbons (Fsp3) is 0.241. The Morgan fingerprint density at radius 3 is 2.60 bits per heavy atom. The van der Waals surface area contributed by atoms with Crippen molar-refractivity contribution >= 4 is 44.5 Å². The number of benzene rings is 2. The number of rotatable bonds is 7. The van der Waals surface area contributed by atoms with Crippen molar-refractivity contribution in [3.05, 3.63) is 86.9 Å². The molecule has 1 aliphatic rings. The van der Waals surface area contributed by atoms with Crippen LogP contribution >= 0.6 is 11.3 Å². The standard InChI is InChI=1S/C29H28FN7O2S/c1-17-9-10-20(26(30)27(17)32-28(38)24-13-18-7-4-5-8-23(18)40-24)21-15-22(29(39)36(3)33-21)31-25-14-19(35(2)34-25)16-37-11-6-12-37/h4-5,7-10,13-15H,6,11-12,16H2,1-3H3,(H,31,34)(H,32,38). The molecule has 40 heavy (non-hydrogen) atoms. The van der Waals surface area contributed by atoms with Crippen molar-refractivity contribution in [3.8, 4) is 11.3 Å². The number of anilines is 3. The van der Waals surface area contributed by atoms with E-state index in [1.54, 1.807) is 29.8 Å². The number of amides is 1. The highest BCUT2D eigenvalue weighted by Gasteiger charge is 2.21. The number of halogens is 1. The Hall–Kier alpha value is -4.35. The zero-order valence-electron chi connectivity index (χ0n) is 22.4. The largest absolute Gasteiger partial charge is 0.334 e. The zero-order valence-corrected chi connectivity index (χ0v) is 23.2. The van der Waals surface area contributed by atoms with Crippen molar-refractivity contribution in [2.75, 3.05) is 23.7 Å². The summed E-state index contributed by atoms with van der Waals surface area (Å²) < 4.78 is 19.9. The molecule has 5 aromatic rings. The van der Waals surface area contributed by atoms with E-state index >= 15 is 4.39 Å². The zero-order chi connectivity index (χ0) is 28.0. The second kappa shape index (κ2) is 10.3. The third kappa shape index (κ3) is 4.89. The molecule has 0 saturated carbocycles. The number of carbonyl (C=O) groups excluding carboxylic acids is 1. The maximum Gasteiger partial charge on any atom is 0.290 e. The second-order valence-electron chi connectivity index (χ2n) is 9.99. The van der Waals surface area contributed by atoms with Gasteiger partial charge in [-0.15, -0.1) is 11.3 Å². The summed E-state index contributed by atoms with van der Waals surface area (Å²) in [5, 5.41) is 15.6. The highest BCUT2D eigenvalue weighted by Crippen LogP contribution is 2.32. The third-order valence-electron chi connectivity index (χ3n) is 7.15. The molecule has 0 unspecified atom stereocenters. The quantitative estimate of drug-likeness (QED) is 0.291. The molecule has 0 aliphatic carbocycles. The molecule has 3 aromatic heterocycles. The van der Waals surface area contributed by atoms with E-state index in [4.69, 9.17) is 0 Å². The number of aryl methyl sites for hydroxylation is 3. The Labute approximate surface area is 233 Å². The van der Waals surface area contributed by atoms with Crippen molar-refractivity contribution < 1.29 is 9.18 Å². The lowest BCUT2D eigenvalue weighted by Crippen LogP contribution is -2.36. The van der Waals surface area contributed by atoms with Gasteiger partial charge in [0, 0.05) is 37.0 Å². The van der Waals surface area contributed by atoms with Gasteiger partial charge in [0.25, 0.3) is 11.5 Å². The van der Waals surface area contributed by atoms with Gasteiger partial charge in [0.2, 0.25) is 0 Å². The minimum Gasteiger partial charge on any atom is -0.334 e. The predicted molar refractivity (Wildman–Crippen MR) is 156 cm³/mol. The molecule has 204 valence electrons. The van der Waals surface area contributed by atoms with Gasteiger partial charge >= 0.3 is 0 Å². The summed E-state index contributed by atoms with van der Waals surface area (Å²) in [4.78, 5) is 28.8. The average molecular weight is 558 g/mol. The normalized spacial score (nSPS) is 13.4. The first kappa shape index (κ1) is 25.9. The Bertz CT molecular complexity index is 1790. The number of carbonyl (C=O) groups is 1. The lowest BCUT2D eigenvalue weighted by molar-refractivity contribution is 0.103. The van der Waals surface area contributed by atoms with E-state index in [9.17, 15) is 9.59 Å². The van der Waals surface area contributed by atoms with E-state index in [0.29, 0.717) is 16.3 Å². The van der Waals surface area contributed by atoms with Crippen LogP contribution in [0, 0.1) is 12.7 Å². The summed E-state index contributed by atoms with van der Waals surface area (Å²) in [5.74, 6) is -0.491. The van der Waals surface area contributed by atoms with Crippen LogP contribution in [0.25, 0.3) is 21.3 Å². The van der Waals surface area contributed by atoms with Crippen molar-refractivity contribution in [1.29, 1.82) is 0 Å². The second-order valence-corrected chi connectivity index (χ2v) is 11.1. The first-order chi connectivity index (χ1) is 19.3. The average Bonchev–Trinajstić information content (AvgIpc) is 3.49. The minimum absolute atomic E-state index is 0.0745. The maximum absolute atomic E-state index is 15.9. The van der Waals surface area contributed by atoms with E-state index in [1.807, 2.05) is 37.4 Å². The van der Waals surface area contributed by atoms with Crippen LogP contribution in [0.1, 0.15) is 27.3 Å². The molecule has 0 radical (unpaired) electrons. The van der Waals surface area contributed by atoms with Crippen molar-refractivity contribution in [2.45, 2.75) is 19.9 Å². The van der Waals surface area contributed by atoms with E-state index in [-0.39, 0.29) is 34.1 Å². The van der Waals surface area contributed by atoms with Gasteiger partial charge in [0.1, 0.15) is 5.69 Å². The summed E-state index contributed by atoms with van der Waals surface area (Å²) in [6, 6.07) is 16.2. The molecule has 11 heteroatoms. The molecular formula is C29H28FN7O2S. The van der Waals surface area contributed by atoms with Crippen LogP contribution in [-0.2, 0) is 20.6 Å². The predicted octanol–water partition coefficient (Wildman–Crippen LogP) is 5.04. The molecule has 0 spiro atoms. The molecule has 0 atom stereocenters. The molecule has 9 nitrogen and oxygen atoms in total. The Balaban J connectivity index is 1.30. The Kier molecular flexibility index (Phi) is 6.68. The van der Waals surface area contributed by atoms with Gasteiger partial charge in [-0.3, -0.25) is 19.2 Å². The van der Waals surface area contributed by atoms with Crippen LogP contribution in [0.4, 0.5) is 21.6 Å². The van der Waals surface area contributed by atoms with Crippen LogP contribution in [0.5, 0.6) is 0 Å². The number of hydrogen-bond donors (Lipinski definition) is 2. The van der Waals surface area contributed by atoms with E-state index in [2.05, 4.69) is 25.7 Å². The first-order valence-electron chi connectivity index (χ1n) is 13.0. The number of nitrogens with one attached hydrogen (secondary N) is 2. The molecule has 1 aliphatic heterocycles. The molecule has 1 amide bonds. The van der Waals surface area contributed by atoms with Gasteiger partial charge < -0.3 is 10.6 Å². The van der Waals surface area contributed by atoms with Gasteiger partial charge in [0.05, 0.1) is 22.0 Å². The molecule has 2 N–H and O–H groups in total. The van der Waals surface area contributed by atoms with Gasteiger partial charge in [-0.2, -0.15) is 10.2 Å². The van der Waals surface area contributed by atoms with Gasteiger partial charge in [-0.1, -0.05) is 24.3 Å². The summed E-state index contributed by atoms with van der Waals surface area (Å²) in [6.07, 6.45) is 1.20. The van der Waals surface area contributed by atoms with Crippen LogP contribution < -0.4 is 16.2 Å². The number of likely N-dealkylation sites (tertiary alicyclic amines) is 1. The topological polar surface area (TPSA) is 97.1 Å². The van der Waals surface area contributed by atoms with Gasteiger partial charge in [-0.25, -0.2) is 9.07 Å². The fourth-order valence-electron chi connectivity index (χ4n) is 4.74. The lowest BCUT2D eigenvalue weighted by Gasteiger charge is -2.30. The highest BCUT2D eigenvalue weighted by atomic mass is 32.1. The van der Waals surface area contributed by atoms with E-state index < -0.39 is 5.82 Å². The number of fused-ring (bicyclic) bond motifs is 1. The molecule has 1 saturated heterocycles. The molecule has 0 bridgehead atoms. The monoisotopic (exact) mass is 557 g/mol. The molecule has 4 heterocycles. The summed E-state index contributed by atoms with van der Waals surface area (Å²) in [7, 11) is 3.38. The van der Waals surface area contributed by atoms with Crippen molar-refractivity contribution in [2.24, 2.45) is 14.1 Å². The minimum atomic E-state index is -0.624. The van der Waals surface area contributed by atoms with Crippen LogP contribution in [-0.4, -0.2) is 43.5 Å². The summed E-state index contributed by atoms with van der Waals surface area (Å²) >= 11 is 1.35. The molecule has 2 aromatic carbocycles. The number of thiophene rings is 1. The van der Waals surface area contributed by atoms with Crippen molar-refractivity contribution in [3.63, 3.8) is 0 Å². The van der Waals surface area contributed by atoms with Gasteiger partial charge in [0.15, 0.2) is 11.6 Å². The van der Waals surface area contributed by atoms with Crippen molar-refractivity contribution in [1.82, 2.24) is 24.5 Å². The summed E-state index contributed by atoms with van der Waals surface area (Å²) in [5.41, 5.74) is 1.93. The number of hydrogen-bond acceptors (Lipinski definition) is 7. The van der Waals surface area contributed by atoms with Gasteiger partial charge in [-0.05, 0) is 61.6 Å². The lowest BCUT2D eigenvalue weighted by atomic mass is 10.1. The molecule has 6 rings (SSSR count). The van der Waals surface area contributed by atoms with E-state index in [0.717, 1.165) is 40.1 Å². The Morgan fingerprint density at radius 2 is 1.85 bits per heavy atom. The SMILES string of the molecule is Cc1ccc(-c2cc(Nc3cc(CN4CCC4)n(C)n3)c(=O)n(C)n2)c(F)c1NC(=O)c1cc2ccccc2s1. The number of nitrogens with zero attached hydrogens (tertiary/aromatic N) is 5. The van der Waals surface area contributed by atoms with Crippen LogP contribution in [0.3, 0.4) is 0 Å². The molecule has 1 fully saturated rings. The fourth-order valence-corrected chi connectivity index (χ4v) is 5.70. The first-order valence-corrected chi connectivity index (χ1v) is 13.8. The maximum atomic E-state index is 15.9. The summed E-state index contributed by atoms with van der Waals surface area (Å²) in [6.45, 7) is 4.65. The molecular weight excluding hydrogens is 529 g/mol.